The fourth-order valence-corrected chi connectivity index (χ4v) is 5.90. The third-order valence-corrected chi connectivity index (χ3v) is 9.10. The molecule has 0 saturated heterocycles. The molecule has 0 amide bonds. The van der Waals surface area contributed by atoms with E-state index in [0.717, 1.165) is 87.6 Å². The zero-order valence-electron chi connectivity index (χ0n) is 35.2. The Kier molecular flexibility index (Phi) is 37.2. The highest BCUT2D eigenvalue weighted by Crippen LogP contribution is 2.23. The van der Waals surface area contributed by atoms with Crippen LogP contribution in [0, 0.1) is 0 Å². The van der Waals surface area contributed by atoms with Crippen molar-refractivity contribution in [2.24, 2.45) is 0 Å². The first kappa shape index (κ1) is 49.6. The van der Waals surface area contributed by atoms with Gasteiger partial charge in [0.2, 0.25) is 0 Å². The molecular formula is C44H86O7. The maximum absolute atomic E-state index is 6.40. The third-order valence-electron chi connectivity index (χ3n) is 9.10. The van der Waals surface area contributed by atoms with Crippen molar-refractivity contribution in [1.29, 1.82) is 0 Å². The van der Waals surface area contributed by atoms with Gasteiger partial charge in [0.25, 0.3) is 0 Å². The van der Waals surface area contributed by atoms with Crippen molar-refractivity contribution >= 4 is 0 Å². The van der Waals surface area contributed by atoms with Crippen LogP contribution in [0.15, 0.2) is 23.0 Å². The highest BCUT2D eigenvalue weighted by Gasteiger charge is 2.21. The largest absolute Gasteiger partial charge is 0.494 e. The summed E-state index contributed by atoms with van der Waals surface area (Å²) in [5, 5.41) is 0. The summed E-state index contributed by atoms with van der Waals surface area (Å²) in [5.41, 5.74) is 0. The maximum Gasteiger partial charge on any atom is 0.162 e. The molecule has 2 atom stereocenters. The van der Waals surface area contributed by atoms with Crippen LogP contribution in [0.2, 0.25) is 0 Å². The smallest absolute Gasteiger partial charge is 0.162 e. The van der Waals surface area contributed by atoms with Crippen LogP contribution >= 0.6 is 0 Å². The third kappa shape index (κ3) is 28.7. The first-order valence-electron chi connectivity index (χ1n) is 21.8. The van der Waals surface area contributed by atoms with Gasteiger partial charge in [0.15, 0.2) is 25.1 Å². The molecule has 51 heavy (non-hydrogen) atoms. The maximum atomic E-state index is 6.40. The predicted molar refractivity (Wildman–Crippen MR) is 215 cm³/mol. The molecule has 7 heteroatoms. The van der Waals surface area contributed by atoms with Crippen molar-refractivity contribution in [1.82, 2.24) is 0 Å². The van der Waals surface area contributed by atoms with Gasteiger partial charge in [-0.1, -0.05) is 144 Å². The first-order valence-corrected chi connectivity index (χ1v) is 21.8. The summed E-state index contributed by atoms with van der Waals surface area (Å²) in [6.45, 7) is 20.4. The minimum absolute atomic E-state index is 0.0983. The van der Waals surface area contributed by atoms with E-state index in [9.17, 15) is 0 Å². The first-order chi connectivity index (χ1) is 25.0. The average Bonchev–Trinajstić information content (AvgIpc) is 3.13. The van der Waals surface area contributed by atoms with Crippen LogP contribution in [0.5, 0.6) is 0 Å². The van der Waals surface area contributed by atoms with Gasteiger partial charge in [-0.05, 0) is 52.4 Å². The van der Waals surface area contributed by atoms with E-state index in [1.165, 1.54) is 103 Å². The predicted octanol–water partition coefficient (Wildman–Crippen LogP) is 13.7. The molecule has 0 aromatic heterocycles. The fraction of sp³-hybridized carbons (Fsp3) is 0.909. The second kappa shape index (κ2) is 38.3. The van der Waals surface area contributed by atoms with Crippen molar-refractivity contribution in [3.8, 4) is 0 Å². The van der Waals surface area contributed by atoms with Crippen molar-refractivity contribution in [2.75, 3.05) is 40.0 Å². The lowest BCUT2D eigenvalue weighted by molar-refractivity contribution is -0.160. The van der Waals surface area contributed by atoms with Crippen LogP contribution in [0.25, 0.3) is 0 Å². The zero-order valence-corrected chi connectivity index (χ0v) is 35.2. The number of rotatable bonds is 40. The number of hydrogen-bond acceptors (Lipinski definition) is 7. The molecule has 0 bridgehead atoms. The zero-order chi connectivity index (χ0) is 37.6. The number of hydrogen-bond donors (Lipinski definition) is 0. The standard InChI is InChI=1S/C44H86O7/c1-9-15-19-23-27-33-46-41(31-13-5)43(48-35-29-25-21-17-11-3)39(7)50-37-45-38-51-40(8)44(49-36-30-26-22-18-12-4)42(32-14-6)47-34-28-24-20-16-10-2/h39-40H,9-38H2,1-8H3. The Morgan fingerprint density at radius 3 is 0.941 bits per heavy atom. The molecule has 0 aromatic rings. The highest BCUT2D eigenvalue weighted by molar-refractivity contribution is 5.07. The van der Waals surface area contributed by atoms with E-state index in [0.29, 0.717) is 13.2 Å². The Bertz CT molecular complexity index is 732. The summed E-state index contributed by atoms with van der Waals surface area (Å²) in [7, 11) is 0. The number of allylic oxidation sites excluding steroid dienone is 2. The van der Waals surface area contributed by atoms with Gasteiger partial charge in [-0.15, -0.1) is 0 Å². The molecule has 0 spiro atoms. The van der Waals surface area contributed by atoms with Gasteiger partial charge in [-0.25, -0.2) is 0 Å². The summed E-state index contributed by atoms with van der Waals surface area (Å²) in [5.74, 6) is 3.48. The Morgan fingerprint density at radius 2 is 0.647 bits per heavy atom. The van der Waals surface area contributed by atoms with Gasteiger partial charge < -0.3 is 33.2 Å². The second-order valence-electron chi connectivity index (χ2n) is 14.2. The summed E-state index contributed by atoms with van der Waals surface area (Å²) in [6.07, 6.45) is 27.2. The Hall–Kier alpha value is -1.44. The lowest BCUT2D eigenvalue weighted by Crippen LogP contribution is -2.22. The lowest BCUT2D eigenvalue weighted by Gasteiger charge is -2.23. The number of unbranched alkanes of at least 4 members (excludes halogenated alkanes) is 16. The molecule has 0 heterocycles. The molecule has 0 aliphatic rings. The molecule has 0 radical (unpaired) electrons. The summed E-state index contributed by atoms with van der Waals surface area (Å²) < 4.78 is 43.8. The second-order valence-corrected chi connectivity index (χ2v) is 14.2. The quantitative estimate of drug-likeness (QED) is 0.0354. The Labute approximate surface area is 317 Å². The molecule has 0 N–H and O–H groups in total. The lowest BCUT2D eigenvalue weighted by atomic mass is 10.1. The molecule has 2 unspecified atom stereocenters. The summed E-state index contributed by atoms with van der Waals surface area (Å²) in [6, 6.07) is 0. The van der Waals surface area contributed by atoms with Crippen LogP contribution in [-0.4, -0.2) is 52.2 Å². The molecule has 0 aliphatic heterocycles. The topological polar surface area (TPSA) is 64.6 Å². The molecule has 0 saturated carbocycles. The molecule has 7 nitrogen and oxygen atoms in total. The normalized spacial score (nSPS) is 13.8. The van der Waals surface area contributed by atoms with E-state index >= 15 is 0 Å². The molecule has 0 aromatic carbocycles. The average molecular weight is 727 g/mol. The van der Waals surface area contributed by atoms with Gasteiger partial charge in [0.1, 0.15) is 23.7 Å². The van der Waals surface area contributed by atoms with E-state index in [4.69, 9.17) is 33.2 Å². The number of ether oxygens (including phenoxy) is 7. The summed E-state index contributed by atoms with van der Waals surface area (Å²) in [4.78, 5) is 0. The minimum atomic E-state index is -0.284. The van der Waals surface area contributed by atoms with Gasteiger partial charge in [-0.3, -0.25) is 0 Å². The Balaban J connectivity index is 5.36. The van der Waals surface area contributed by atoms with Crippen molar-refractivity contribution in [2.45, 2.75) is 222 Å². The molecular weight excluding hydrogens is 640 g/mol. The monoisotopic (exact) mass is 727 g/mol. The van der Waals surface area contributed by atoms with Crippen molar-refractivity contribution in [3.63, 3.8) is 0 Å². The van der Waals surface area contributed by atoms with Crippen LogP contribution in [0.1, 0.15) is 209 Å². The van der Waals surface area contributed by atoms with E-state index < -0.39 is 0 Å². The van der Waals surface area contributed by atoms with E-state index in [1.54, 1.807) is 0 Å². The minimum Gasteiger partial charge on any atom is -0.494 e. The summed E-state index contributed by atoms with van der Waals surface area (Å²) >= 11 is 0. The van der Waals surface area contributed by atoms with E-state index in [1.807, 2.05) is 13.8 Å². The fourth-order valence-electron chi connectivity index (χ4n) is 5.90. The van der Waals surface area contributed by atoms with E-state index in [-0.39, 0.29) is 25.8 Å². The van der Waals surface area contributed by atoms with Crippen molar-refractivity contribution < 1.29 is 33.2 Å². The van der Waals surface area contributed by atoms with Gasteiger partial charge in [0, 0.05) is 12.8 Å². The van der Waals surface area contributed by atoms with Gasteiger partial charge >= 0.3 is 0 Å². The van der Waals surface area contributed by atoms with E-state index in [2.05, 4.69) is 41.5 Å². The molecule has 0 aliphatic carbocycles. The highest BCUT2D eigenvalue weighted by atomic mass is 16.7. The van der Waals surface area contributed by atoms with Crippen molar-refractivity contribution in [3.05, 3.63) is 23.0 Å². The Morgan fingerprint density at radius 1 is 0.353 bits per heavy atom. The van der Waals surface area contributed by atoms with Crippen LogP contribution in [0.4, 0.5) is 0 Å². The van der Waals surface area contributed by atoms with Crippen LogP contribution < -0.4 is 0 Å². The van der Waals surface area contributed by atoms with Crippen LogP contribution in [0.3, 0.4) is 0 Å². The van der Waals surface area contributed by atoms with Crippen LogP contribution in [-0.2, 0) is 33.2 Å². The molecule has 0 fully saturated rings. The van der Waals surface area contributed by atoms with Gasteiger partial charge in [0.05, 0.1) is 26.4 Å². The SMILES string of the molecule is CCCCCCCOC(CCC)=C(OCCCCCCC)C(C)OCOCOC(C)C(OCCCCCCC)=C(CCC)OCCCCCCC. The molecule has 304 valence electrons. The van der Waals surface area contributed by atoms with Gasteiger partial charge in [-0.2, -0.15) is 0 Å². The molecule has 0 rings (SSSR count).